The highest BCUT2D eigenvalue weighted by atomic mass is 35.5. The number of nitrogens with two attached hydrogens (primary N) is 2. The third-order valence-corrected chi connectivity index (χ3v) is 4.01. The molecule has 1 aromatic carbocycles. The van der Waals surface area contributed by atoms with E-state index in [1.54, 1.807) is 12.1 Å². The molecule has 1 unspecified atom stereocenters. The molecule has 4 N–H and O–H groups in total. The number of halogens is 2. The summed E-state index contributed by atoms with van der Waals surface area (Å²) in [5, 5.41) is 0.124. The molecule has 0 heterocycles. The highest BCUT2D eigenvalue weighted by Crippen LogP contribution is 2.48. The predicted molar refractivity (Wildman–Crippen MR) is 63.7 cm³/mol. The highest BCUT2D eigenvalue weighted by Gasteiger charge is 2.41. The van der Waals surface area contributed by atoms with E-state index in [0.29, 0.717) is 6.54 Å². The van der Waals surface area contributed by atoms with Gasteiger partial charge >= 0.3 is 0 Å². The zero-order chi connectivity index (χ0) is 11.8. The van der Waals surface area contributed by atoms with Gasteiger partial charge in [-0.05, 0) is 37.1 Å². The highest BCUT2D eigenvalue weighted by molar-refractivity contribution is 6.30. The predicted octanol–water partition coefficient (Wildman–Crippen LogP) is 2.61. The lowest BCUT2D eigenvalue weighted by Crippen LogP contribution is -2.46. The Hall–Kier alpha value is -0.640. The lowest BCUT2D eigenvalue weighted by Gasteiger charge is -2.45. The minimum absolute atomic E-state index is 0.0127. The van der Waals surface area contributed by atoms with Crippen LogP contribution in [-0.4, -0.2) is 6.54 Å². The Morgan fingerprint density at radius 1 is 1.44 bits per heavy atom. The van der Waals surface area contributed by atoms with Crippen LogP contribution in [-0.2, 0) is 0 Å². The lowest BCUT2D eigenvalue weighted by molar-refractivity contribution is 0.104. The summed E-state index contributed by atoms with van der Waals surface area (Å²) in [5.74, 6) is -0.409. The quantitative estimate of drug-likeness (QED) is 0.856. The number of hydrogen-bond acceptors (Lipinski definition) is 2. The molecule has 0 saturated heterocycles. The third kappa shape index (κ3) is 1.83. The van der Waals surface area contributed by atoms with Crippen molar-refractivity contribution in [2.24, 2.45) is 16.9 Å². The van der Waals surface area contributed by atoms with Gasteiger partial charge in [0.15, 0.2) is 0 Å². The zero-order valence-electron chi connectivity index (χ0n) is 9.05. The summed E-state index contributed by atoms with van der Waals surface area (Å²) in [6, 6.07) is 4.52. The van der Waals surface area contributed by atoms with Crippen molar-refractivity contribution in [2.45, 2.75) is 25.3 Å². The molecule has 1 fully saturated rings. The minimum atomic E-state index is -0.409. The van der Waals surface area contributed by atoms with Crippen LogP contribution >= 0.6 is 11.6 Å². The molecular weight excluding hydrogens is 227 g/mol. The SMILES string of the molecule is NCC1(C(N)c2ccc(F)c(Cl)c2)CCC1. The standard InChI is InChI=1S/C12H16ClFN2/c13-9-6-8(2-3-10(9)14)11(16)12(7-15)4-1-5-12/h2-3,6,11H,1,4-5,7,15-16H2. The molecule has 1 aliphatic rings. The summed E-state index contributed by atoms with van der Waals surface area (Å²) in [5.41, 5.74) is 12.9. The van der Waals surface area contributed by atoms with E-state index in [-0.39, 0.29) is 16.5 Å². The van der Waals surface area contributed by atoms with Crippen LogP contribution in [0.4, 0.5) is 4.39 Å². The molecule has 0 aromatic heterocycles. The van der Waals surface area contributed by atoms with Gasteiger partial charge in [0.1, 0.15) is 5.82 Å². The van der Waals surface area contributed by atoms with E-state index in [4.69, 9.17) is 23.1 Å². The van der Waals surface area contributed by atoms with Crippen LogP contribution in [0.1, 0.15) is 30.9 Å². The van der Waals surface area contributed by atoms with Crippen LogP contribution in [0, 0.1) is 11.2 Å². The van der Waals surface area contributed by atoms with Gasteiger partial charge in [-0.25, -0.2) is 4.39 Å². The van der Waals surface area contributed by atoms with E-state index in [2.05, 4.69) is 0 Å². The van der Waals surface area contributed by atoms with Crippen molar-refractivity contribution in [3.05, 3.63) is 34.6 Å². The van der Waals surface area contributed by atoms with Crippen molar-refractivity contribution in [1.82, 2.24) is 0 Å². The normalized spacial score (nSPS) is 20.2. The second-order valence-electron chi connectivity index (χ2n) is 4.57. The van der Waals surface area contributed by atoms with Crippen molar-refractivity contribution in [1.29, 1.82) is 0 Å². The molecule has 1 aromatic rings. The summed E-state index contributed by atoms with van der Waals surface area (Å²) in [6.45, 7) is 0.573. The summed E-state index contributed by atoms with van der Waals surface area (Å²) in [4.78, 5) is 0. The Balaban J connectivity index is 2.26. The van der Waals surface area contributed by atoms with Crippen molar-refractivity contribution < 1.29 is 4.39 Å². The van der Waals surface area contributed by atoms with E-state index >= 15 is 0 Å². The van der Waals surface area contributed by atoms with E-state index in [1.807, 2.05) is 0 Å². The first-order valence-corrected chi connectivity index (χ1v) is 5.87. The number of benzene rings is 1. The molecule has 1 saturated carbocycles. The van der Waals surface area contributed by atoms with Gasteiger partial charge in [-0.1, -0.05) is 24.1 Å². The average Bonchev–Trinajstić information content (AvgIpc) is 2.21. The van der Waals surface area contributed by atoms with Gasteiger partial charge in [-0.2, -0.15) is 0 Å². The Morgan fingerprint density at radius 2 is 2.12 bits per heavy atom. The fourth-order valence-corrected chi connectivity index (χ4v) is 2.52. The van der Waals surface area contributed by atoms with Crippen LogP contribution in [0.15, 0.2) is 18.2 Å². The van der Waals surface area contributed by atoms with Gasteiger partial charge in [0.25, 0.3) is 0 Å². The van der Waals surface area contributed by atoms with E-state index in [1.165, 1.54) is 12.5 Å². The molecule has 88 valence electrons. The topological polar surface area (TPSA) is 52.0 Å². The first kappa shape index (κ1) is 11.8. The van der Waals surface area contributed by atoms with Crippen molar-refractivity contribution in [2.75, 3.05) is 6.54 Å². The molecule has 1 atom stereocenters. The van der Waals surface area contributed by atoms with Gasteiger partial charge in [0.05, 0.1) is 5.02 Å². The molecule has 0 radical (unpaired) electrons. The van der Waals surface area contributed by atoms with Gasteiger partial charge < -0.3 is 11.5 Å². The molecule has 16 heavy (non-hydrogen) atoms. The van der Waals surface area contributed by atoms with Gasteiger partial charge in [0.2, 0.25) is 0 Å². The van der Waals surface area contributed by atoms with Crippen molar-refractivity contribution >= 4 is 11.6 Å². The Bertz CT molecular complexity index is 385. The van der Waals surface area contributed by atoms with Gasteiger partial charge in [-0.3, -0.25) is 0 Å². The fraction of sp³-hybridized carbons (Fsp3) is 0.500. The summed E-state index contributed by atoms with van der Waals surface area (Å²) in [6.07, 6.45) is 3.25. The van der Waals surface area contributed by atoms with Crippen LogP contribution in [0.3, 0.4) is 0 Å². The van der Waals surface area contributed by atoms with E-state index in [9.17, 15) is 4.39 Å². The Morgan fingerprint density at radius 3 is 2.56 bits per heavy atom. The van der Waals surface area contributed by atoms with Crippen LogP contribution in [0.5, 0.6) is 0 Å². The molecule has 0 amide bonds. The number of hydrogen-bond donors (Lipinski definition) is 2. The number of rotatable bonds is 3. The Labute approximate surface area is 99.8 Å². The maximum Gasteiger partial charge on any atom is 0.141 e. The summed E-state index contributed by atoms with van der Waals surface area (Å²) < 4.78 is 13.0. The van der Waals surface area contributed by atoms with E-state index < -0.39 is 5.82 Å². The zero-order valence-corrected chi connectivity index (χ0v) is 9.80. The average molecular weight is 243 g/mol. The third-order valence-electron chi connectivity index (χ3n) is 3.72. The second-order valence-corrected chi connectivity index (χ2v) is 4.98. The molecule has 0 spiro atoms. The van der Waals surface area contributed by atoms with Crippen molar-refractivity contribution in [3.8, 4) is 0 Å². The first-order valence-electron chi connectivity index (χ1n) is 5.50. The summed E-state index contributed by atoms with van der Waals surface area (Å²) >= 11 is 5.75. The molecular formula is C12H16ClFN2. The summed E-state index contributed by atoms with van der Waals surface area (Å²) in [7, 11) is 0. The maximum absolute atomic E-state index is 13.0. The lowest BCUT2D eigenvalue weighted by atomic mass is 9.63. The first-order chi connectivity index (χ1) is 7.59. The smallest absolute Gasteiger partial charge is 0.141 e. The Kier molecular flexibility index (Phi) is 3.19. The molecule has 4 heteroatoms. The van der Waals surface area contributed by atoms with Crippen LogP contribution in [0.25, 0.3) is 0 Å². The van der Waals surface area contributed by atoms with Crippen molar-refractivity contribution in [3.63, 3.8) is 0 Å². The van der Waals surface area contributed by atoms with E-state index in [0.717, 1.165) is 18.4 Å². The monoisotopic (exact) mass is 242 g/mol. The van der Waals surface area contributed by atoms with Gasteiger partial charge in [-0.15, -0.1) is 0 Å². The van der Waals surface area contributed by atoms with Gasteiger partial charge in [0, 0.05) is 11.5 Å². The molecule has 2 rings (SSSR count). The molecule has 1 aliphatic carbocycles. The fourth-order valence-electron chi connectivity index (χ4n) is 2.33. The minimum Gasteiger partial charge on any atom is -0.330 e. The van der Waals surface area contributed by atoms with Crippen LogP contribution < -0.4 is 11.5 Å². The van der Waals surface area contributed by atoms with Crippen LogP contribution in [0.2, 0.25) is 5.02 Å². The molecule has 2 nitrogen and oxygen atoms in total. The largest absolute Gasteiger partial charge is 0.330 e. The second kappa shape index (κ2) is 4.32. The molecule has 0 aliphatic heterocycles. The maximum atomic E-state index is 13.0. The molecule has 0 bridgehead atoms.